The second-order valence-electron chi connectivity index (χ2n) is 6.47. The van der Waals surface area contributed by atoms with Crippen LogP contribution in [0.15, 0.2) is 30.6 Å². The van der Waals surface area contributed by atoms with Crippen LogP contribution in [0.25, 0.3) is 0 Å². The molecule has 0 radical (unpaired) electrons. The second kappa shape index (κ2) is 8.95. The van der Waals surface area contributed by atoms with Gasteiger partial charge in [-0.3, -0.25) is 4.79 Å². The summed E-state index contributed by atoms with van der Waals surface area (Å²) in [5, 5.41) is 3.16. The predicted octanol–water partition coefficient (Wildman–Crippen LogP) is 1.82. The molecule has 3 rings (SSSR count). The Kier molecular flexibility index (Phi) is 6.38. The molecule has 0 saturated carbocycles. The number of fused-ring (bicyclic) bond motifs is 1. The van der Waals surface area contributed by atoms with E-state index >= 15 is 0 Å². The van der Waals surface area contributed by atoms with Gasteiger partial charge in [-0.1, -0.05) is 23.7 Å². The van der Waals surface area contributed by atoms with Gasteiger partial charge < -0.3 is 24.7 Å². The number of aromatic nitrogens is 2. The average molecular weight is 421 g/mol. The lowest BCUT2D eigenvalue weighted by Crippen LogP contribution is -2.52. The number of esters is 2. The fourth-order valence-electron chi connectivity index (χ4n) is 3.30. The average Bonchev–Trinajstić information content (AvgIpc) is 3.21. The summed E-state index contributed by atoms with van der Waals surface area (Å²) in [6.45, 7) is 0.389. The Hall–Kier alpha value is -3.07. The van der Waals surface area contributed by atoms with Crippen molar-refractivity contribution in [3.05, 3.63) is 52.6 Å². The first-order chi connectivity index (χ1) is 13.9. The number of amides is 2. The number of imidazole rings is 1. The van der Waals surface area contributed by atoms with Gasteiger partial charge in [-0.25, -0.2) is 14.6 Å². The molecule has 2 amide bonds. The summed E-state index contributed by atoms with van der Waals surface area (Å²) in [6, 6.07) is 4.97. The summed E-state index contributed by atoms with van der Waals surface area (Å²) < 4.78 is 9.30. The highest BCUT2D eigenvalue weighted by atomic mass is 35.5. The van der Waals surface area contributed by atoms with E-state index in [9.17, 15) is 14.4 Å². The van der Waals surface area contributed by atoms with Crippen molar-refractivity contribution in [2.75, 3.05) is 20.8 Å². The predicted molar refractivity (Wildman–Crippen MR) is 103 cm³/mol. The second-order valence-corrected chi connectivity index (χ2v) is 6.91. The topological polar surface area (TPSA) is 114 Å². The minimum Gasteiger partial charge on any atom is -0.469 e. The Labute approximate surface area is 172 Å². The van der Waals surface area contributed by atoms with Crippen molar-refractivity contribution < 1.29 is 23.9 Å². The number of carbonyl (C=O) groups excluding carboxylic acids is 3. The molecule has 0 unspecified atom stereocenters. The highest BCUT2D eigenvalue weighted by molar-refractivity contribution is 6.30. The number of ether oxygens (including phenoxy) is 2. The van der Waals surface area contributed by atoms with E-state index in [-0.39, 0.29) is 6.42 Å². The molecule has 2 N–H and O–H groups in total. The molecule has 1 aromatic carbocycles. The summed E-state index contributed by atoms with van der Waals surface area (Å²) >= 11 is 6.00. The van der Waals surface area contributed by atoms with E-state index in [1.54, 1.807) is 23.4 Å². The van der Waals surface area contributed by atoms with Crippen LogP contribution >= 0.6 is 11.6 Å². The van der Waals surface area contributed by atoms with Crippen LogP contribution in [0.3, 0.4) is 0 Å². The van der Waals surface area contributed by atoms with Gasteiger partial charge in [-0.05, 0) is 17.7 Å². The van der Waals surface area contributed by atoms with Gasteiger partial charge in [-0.2, -0.15) is 0 Å². The van der Waals surface area contributed by atoms with Crippen molar-refractivity contribution in [3.8, 4) is 0 Å². The fraction of sp³-hybridized carbons (Fsp3) is 0.368. The number of benzene rings is 1. The highest BCUT2D eigenvalue weighted by Gasteiger charge is 2.36. The molecule has 9 nitrogen and oxygen atoms in total. The maximum Gasteiger partial charge on any atom is 0.329 e. The van der Waals surface area contributed by atoms with Gasteiger partial charge in [0.05, 0.1) is 32.7 Å². The molecule has 0 saturated heterocycles. The zero-order valence-electron chi connectivity index (χ0n) is 16.0. The van der Waals surface area contributed by atoms with Crippen molar-refractivity contribution in [2.45, 2.75) is 24.9 Å². The van der Waals surface area contributed by atoms with Crippen molar-refractivity contribution in [2.24, 2.45) is 0 Å². The summed E-state index contributed by atoms with van der Waals surface area (Å²) in [6.07, 6.45) is 1.83. The van der Waals surface area contributed by atoms with E-state index in [1.165, 1.54) is 14.2 Å². The van der Waals surface area contributed by atoms with Crippen LogP contribution in [0, 0.1) is 0 Å². The summed E-state index contributed by atoms with van der Waals surface area (Å²) in [4.78, 5) is 45.8. The van der Waals surface area contributed by atoms with Gasteiger partial charge >= 0.3 is 18.0 Å². The quantitative estimate of drug-likeness (QED) is 0.713. The number of nitrogens with one attached hydrogen (secondary N) is 2. The lowest BCUT2D eigenvalue weighted by molar-refractivity contribution is -0.149. The van der Waals surface area contributed by atoms with Gasteiger partial charge in [-0.15, -0.1) is 0 Å². The normalized spacial score (nSPS) is 16.5. The summed E-state index contributed by atoms with van der Waals surface area (Å²) in [5.74, 6) is -1.37. The van der Waals surface area contributed by atoms with Gasteiger partial charge in [0.2, 0.25) is 0 Å². The Morgan fingerprint density at radius 3 is 2.66 bits per heavy atom. The molecule has 2 aromatic rings. The van der Waals surface area contributed by atoms with Crippen LogP contribution in [-0.2, 0) is 25.5 Å². The first-order valence-corrected chi connectivity index (χ1v) is 9.31. The first kappa shape index (κ1) is 20.7. The third-order valence-corrected chi connectivity index (χ3v) is 5.01. The molecule has 154 valence electrons. The molecular weight excluding hydrogens is 400 g/mol. The molecule has 10 heteroatoms. The minimum atomic E-state index is -1.16. The van der Waals surface area contributed by atoms with Gasteiger partial charge in [0, 0.05) is 23.7 Å². The number of aromatic amines is 1. The lowest BCUT2D eigenvalue weighted by atomic mass is 9.96. The number of hydrogen-bond donors (Lipinski definition) is 2. The summed E-state index contributed by atoms with van der Waals surface area (Å²) in [5.41, 5.74) is 2.48. The Morgan fingerprint density at radius 2 is 2.00 bits per heavy atom. The maximum atomic E-state index is 13.1. The van der Waals surface area contributed by atoms with Crippen molar-refractivity contribution >= 4 is 29.6 Å². The van der Waals surface area contributed by atoms with E-state index in [1.807, 2.05) is 12.1 Å². The molecule has 2 heterocycles. The number of nitrogens with zero attached hydrogens (tertiary/aromatic N) is 2. The third kappa shape index (κ3) is 4.51. The fourth-order valence-corrected chi connectivity index (χ4v) is 3.42. The van der Waals surface area contributed by atoms with Crippen LogP contribution in [0.1, 0.15) is 29.4 Å². The molecule has 29 heavy (non-hydrogen) atoms. The zero-order chi connectivity index (χ0) is 21.0. The Morgan fingerprint density at radius 1 is 1.28 bits per heavy atom. The smallest absolute Gasteiger partial charge is 0.329 e. The molecule has 0 bridgehead atoms. The van der Waals surface area contributed by atoms with E-state index in [0.29, 0.717) is 18.0 Å². The maximum absolute atomic E-state index is 13.1. The molecule has 1 aromatic heterocycles. The first-order valence-electron chi connectivity index (χ1n) is 8.94. The van der Waals surface area contributed by atoms with Crippen molar-refractivity contribution in [1.29, 1.82) is 0 Å². The number of halogens is 1. The minimum absolute atomic E-state index is 0.331. The SMILES string of the molecule is COC(=O)C[C@H](NC(=O)N1CCc2[nH]cnc2[C@H]1c1ccc(Cl)cc1)C(=O)OC. The number of rotatable bonds is 5. The molecule has 0 fully saturated rings. The Balaban J connectivity index is 1.88. The molecule has 1 aliphatic heterocycles. The van der Waals surface area contributed by atoms with E-state index in [2.05, 4.69) is 20.0 Å². The third-order valence-electron chi connectivity index (χ3n) is 4.75. The summed E-state index contributed by atoms with van der Waals surface area (Å²) in [7, 11) is 2.39. The van der Waals surface area contributed by atoms with Gasteiger partial charge in [0.15, 0.2) is 0 Å². The lowest BCUT2D eigenvalue weighted by Gasteiger charge is -2.36. The van der Waals surface area contributed by atoms with Crippen LogP contribution in [-0.4, -0.2) is 59.6 Å². The van der Waals surface area contributed by atoms with Gasteiger partial charge in [0.25, 0.3) is 0 Å². The molecule has 1 aliphatic rings. The largest absolute Gasteiger partial charge is 0.469 e. The van der Waals surface area contributed by atoms with Gasteiger partial charge in [0.1, 0.15) is 12.1 Å². The van der Waals surface area contributed by atoms with Crippen LogP contribution < -0.4 is 5.32 Å². The van der Waals surface area contributed by atoms with Crippen LogP contribution in [0.2, 0.25) is 5.02 Å². The number of methoxy groups -OCH3 is 2. The van der Waals surface area contributed by atoms with E-state index in [0.717, 1.165) is 17.0 Å². The zero-order valence-corrected chi connectivity index (χ0v) is 16.7. The van der Waals surface area contributed by atoms with Crippen LogP contribution in [0.5, 0.6) is 0 Å². The van der Waals surface area contributed by atoms with Crippen molar-refractivity contribution in [3.63, 3.8) is 0 Å². The number of H-pyrrole nitrogens is 1. The van der Waals surface area contributed by atoms with Crippen molar-refractivity contribution in [1.82, 2.24) is 20.2 Å². The molecule has 0 aliphatic carbocycles. The van der Waals surface area contributed by atoms with E-state index in [4.69, 9.17) is 16.3 Å². The molecule has 0 spiro atoms. The monoisotopic (exact) mass is 420 g/mol. The highest BCUT2D eigenvalue weighted by Crippen LogP contribution is 2.33. The van der Waals surface area contributed by atoms with Crippen LogP contribution in [0.4, 0.5) is 4.79 Å². The molecular formula is C19H21ClN4O5. The Bertz CT molecular complexity index is 898. The number of urea groups is 1. The number of carbonyl (C=O) groups is 3. The molecule has 2 atom stereocenters. The number of hydrogen-bond acceptors (Lipinski definition) is 6. The van der Waals surface area contributed by atoms with E-state index < -0.39 is 30.1 Å². The standard InChI is InChI=1S/C19H21ClN4O5/c1-28-15(25)9-14(18(26)29-2)23-19(27)24-8-7-13-16(22-10-21-13)17(24)11-3-5-12(20)6-4-11/h3-6,10,14,17H,7-9H2,1-2H3,(H,21,22)(H,23,27)/t14-,17+/m0/s1.